The highest BCUT2D eigenvalue weighted by Gasteiger charge is 2.14. The summed E-state index contributed by atoms with van der Waals surface area (Å²) in [6.07, 6.45) is -0.0309. The number of aromatic amines is 1. The number of hydrogen-bond donors (Lipinski definition) is 6. The molecule has 0 saturated carbocycles. The number of phenols is 1. The van der Waals surface area contributed by atoms with E-state index in [-0.39, 0.29) is 24.3 Å². The van der Waals surface area contributed by atoms with E-state index < -0.39 is 6.10 Å². The number of H-pyrrole nitrogens is 1. The first-order chi connectivity index (χ1) is 17.3. The van der Waals surface area contributed by atoms with Crippen molar-refractivity contribution in [3.8, 4) is 5.75 Å². The molecule has 0 aliphatic rings. The predicted octanol–water partition coefficient (Wildman–Crippen LogP) is 4.20. The second-order valence-corrected chi connectivity index (χ2v) is 9.36. The fraction of sp³-hybridized carbons (Fsp3) is 0.250. The van der Waals surface area contributed by atoms with Crippen LogP contribution in [-0.4, -0.2) is 38.8 Å². The molecule has 0 unspecified atom stereocenters. The third-order valence-corrected chi connectivity index (χ3v) is 6.56. The Hall–Kier alpha value is -3.36. The summed E-state index contributed by atoms with van der Waals surface area (Å²) < 4.78 is 0. The van der Waals surface area contributed by atoms with Gasteiger partial charge in [0.15, 0.2) is 0 Å². The third-order valence-electron chi connectivity index (χ3n) is 6.19. The van der Waals surface area contributed by atoms with Crippen molar-refractivity contribution in [3.63, 3.8) is 0 Å². The third kappa shape index (κ3) is 6.25. The second kappa shape index (κ2) is 11.6. The molecule has 0 saturated heterocycles. The summed E-state index contributed by atoms with van der Waals surface area (Å²) in [4.78, 5) is 15.8. The monoisotopic (exact) mass is 507 g/mol. The van der Waals surface area contributed by atoms with Gasteiger partial charge >= 0.3 is 0 Å². The van der Waals surface area contributed by atoms with E-state index in [9.17, 15) is 20.1 Å². The van der Waals surface area contributed by atoms with Crippen LogP contribution >= 0.6 is 11.6 Å². The first-order valence-electron chi connectivity index (χ1n) is 11.8. The lowest BCUT2D eigenvalue weighted by Gasteiger charge is -2.18. The van der Waals surface area contributed by atoms with E-state index in [0.717, 1.165) is 28.5 Å². The number of hydrogen-bond acceptors (Lipinski definition) is 5. The molecule has 0 spiro atoms. The maximum atomic E-state index is 12.6. The number of amides is 1. The minimum absolute atomic E-state index is 0.0103. The van der Waals surface area contributed by atoms with Gasteiger partial charge in [0.25, 0.3) is 5.91 Å². The molecule has 36 heavy (non-hydrogen) atoms. The molecule has 3 aromatic carbocycles. The Balaban J connectivity index is 1.33. The molecule has 0 radical (unpaired) electrons. The number of fused-ring (bicyclic) bond motifs is 1. The Morgan fingerprint density at radius 3 is 2.64 bits per heavy atom. The van der Waals surface area contributed by atoms with Crippen LogP contribution in [-0.2, 0) is 19.6 Å². The number of aliphatic hydroxyl groups is 2. The molecule has 0 aliphatic heterocycles. The zero-order chi connectivity index (χ0) is 25.7. The Kier molecular flexibility index (Phi) is 8.28. The Bertz CT molecular complexity index is 1350. The van der Waals surface area contributed by atoms with Gasteiger partial charge in [-0.2, -0.15) is 0 Å². The summed E-state index contributed by atoms with van der Waals surface area (Å²) >= 11 is 6.17. The SMILES string of the molecule is C[C@H](Cc1ccc2[nH]c(C(=O)NCc3ccccc3Cl)cc2c1)NC[C@@H](O)c1ccc(O)c(CO)c1. The smallest absolute Gasteiger partial charge is 0.267 e. The molecule has 1 amide bonds. The summed E-state index contributed by atoms with van der Waals surface area (Å²) in [7, 11) is 0. The molecule has 1 heterocycles. The van der Waals surface area contributed by atoms with Crippen molar-refractivity contribution in [3.05, 3.63) is 99.7 Å². The van der Waals surface area contributed by atoms with E-state index in [0.29, 0.717) is 34.9 Å². The van der Waals surface area contributed by atoms with Crippen molar-refractivity contribution in [2.24, 2.45) is 0 Å². The van der Waals surface area contributed by atoms with Crippen LogP contribution in [0.3, 0.4) is 0 Å². The largest absolute Gasteiger partial charge is 0.508 e. The Morgan fingerprint density at radius 2 is 1.86 bits per heavy atom. The van der Waals surface area contributed by atoms with Gasteiger partial charge in [-0.05, 0) is 66.4 Å². The van der Waals surface area contributed by atoms with E-state index >= 15 is 0 Å². The van der Waals surface area contributed by atoms with Crippen LogP contribution in [0.2, 0.25) is 5.02 Å². The average molecular weight is 508 g/mol. The van der Waals surface area contributed by atoms with E-state index in [4.69, 9.17) is 11.6 Å². The minimum Gasteiger partial charge on any atom is -0.508 e. The molecule has 8 heteroatoms. The summed E-state index contributed by atoms with van der Waals surface area (Å²) in [5.41, 5.74) is 4.34. The van der Waals surface area contributed by atoms with Gasteiger partial charge in [0, 0.05) is 40.6 Å². The maximum Gasteiger partial charge on any atom is 0.267 e. The molecule has 7 nitrogen and oxygen atoms in total. The number of rotatable bonds is 10. The van der Waals surface area contributed by atoms with Crippen LogP contribution in [0, 0.1) is 0 Å². The van der Waals surface area contributed by atoms with Crippen LogP contribution in [0.15, 0.2) is 66.7 Å². The van der Waals surface area contributed by atoms with Crippen LogP contribution in [0.4, 0.5) is 0 Å². The number of carbonyl (C=O) groups excluding carboxylic acids is 1. The number of aromatic hydroxyl groups is 1. The quantitative estimate of drug-likeness (QED) is 0.192. The number of nitrogens with one attached hydrogen (secondary N) is 3. The van der Waals surface area contributed by atoms with E-state index in [1.165, 1.54) is 6.07 Å². The average Bonchev–Trinajstić information content (AvgIpc) is 3.30. The summed E-state index contributed by atoms with van der Waals surface area (Å²) in [5.74, 6) is -0.188. The predicted molar refractivity (Wildman–Crippen MR) is 141 cm³/mol. The fourth-order valence-corrected chi connectivity index (χ4v) is 4.34. The lowest BCUT2D eigenvalue weighted by molar-refractivity contribution is 0.0946. The van der Waals surface area contributed by atoms with Crippen molar-refractivity contribution in [2.75, 3.05) is 6.54 Å². The Labute approximate surface area is 214 Å². The molecule has 0 fully saturated rings. The molecule has 6 N–H and O–H groups in total. The van der Waals surface area contributed by atoms with Gasteiger partial charge in [-0.25, -0.2) is 0 Å². The fourth-order valence-electron chi connectivity index (χ4n) is 4.14. The van der Waals surface area contributed by atoms with Gasteiger partial charge in [0.1, 0.15) is 11.4 Å². The minimum atomic E-state index is -0.766. The lowest BCUT2D eigenvalue weighted by Crippen LogP contribution is -2.32. The van der Waals surface area contributed by atoms with Crippen molar-refractivity contribution in [2.45, 2.75) is 38.6 Å². The summed E-state index contributed by atoms with van der Waals surface area (Å²) in [6.45, 7) is 2.43. The normalized spacial score (nSPS) is 13.0. The first-order valence-corrected chi connectivity index (χ1v) is 12.2. The zero-order valence-corrected chi connectivity index (χ0v) is 20.7. The van der Waals surface area contributed by atoms with Crippen molar-refractivity contribution in [1.29, 1.82) is 0 Å². The zero-order valence-electron chi connectivity index (χ0n) is 20.0. The highest BCUT2D eigenvalue weighted by molar-refractivity contribution is 6.31. The van der Waals surface area contributed by atoms with Crippen LogP contribution < -0.4 is 10.6 Å². The van der Waals surface area contributed by atoms with Gasteiger partial charge in [-0.15, -0.1) is 0 Å². The number of benzene rings is 3. The number of halogens is 1. The van der Waals surface area contributed by atoms with Gasteiger partial charge in [-0.1, -0.05) is 41.9 Å². The number of aliphatic hydroxyl groups excluding tert-OH is 2. The van der Waals surface area contributed by atoms with Crippen LogP contribution in [0.1, 0.15) is 45.8 Å². The molecule has 2 atom stereocenters. The number of aromatic nitrogens is 1. The topological polar surface area (TPSA) is 118 Å². The van der Waals surface area contributed by atoms with Crippen molar-refractivity contribution in [1.82, 2.24) is 15.6 Å². The number of carbonyl (C=O) groups is 1. The van der Waals surface area contributed by atoms with E-state index in [1.54, 1.807) is 18.2 Å². The maximum absolute atomic E-state index is 12.6. The van der Waals surface area contributed by atoms with Gasteiger partial charge in [0.2, 0.25) is 0 Å². The molecular weight excluding hydrogens is 478 g/mol. The van der Waals surface area contributed by atoms with Gasteiger partial charge in [0.05, 0.1) is 12.7 Å². The molecule has 0 bridgehead atoms. The van der Waals surface area contributed by atoms with Gasteiger partial charge in [-0.3, -0.25) is 4.79 Å². The second-order valence-electron chi connectivity index (χ2n) is 8.95. The lowest BCUT2D eigenvalue weighted by atomic mass is 10.0. The standard InChI is InChI=1S/C28H30ClN3O4/c1-17(30-15-27(35)19-7-9-26(34)22(12-19)16-33)10-18-6-8-24-21(11-18)13-25(32-24)28(36)31-14-20-4-2-3-5-23(20)29/h2-9,11-13,17,27,30,32-35H,10,14-16H2,1H3,(H,31,36)/t17-,27-/m1/s1. The summed E-state index contributed by atoms with van der Waals surface area (Å²) in [5, 5.41) is 37.3. The van der Waals surface area contributed by atoms with E-state index in [2.05, 4.69) is 21.7 Å². The molecule has 1 aromatic heterocycles. The van der Waals surface area contributed by atoms with Crippen LogP contribution in [0.25, 0.3) is 10.9 Å². The summed E-state index contributed by atoms with van der Waals surface area (Å²) in [6, 6.07) is 20.1. The van der Waals surface area contributed by atoms with Crippen molar-refractivity contribution < 1.29 is 20.1 Å². The van der Waals surface area contributed by atoms with E-state index in [1.807, 2.05) is 43.3 Å². The molecule has 188 valence electrons. The molecule has 4 aromatic rings. The molecule has 4 rings (SSSR count). The molecule has 0 aliphatic carbocycles. The van der Waals surface area contributed by atoms with Gasteiger partial charge < -0.3 is 30.9 Å². The van der Waals surface area contributed by atoms with Crippen molar-refractivity contribution >= 4 is 28.4 Å². The van der Waals surface area contributed by atoms with Crippen LogP contribution in [0.5, 0.6) is 5.75 Å². The first kappa shape index (κ1) is 25.7. The highest BCUT2D eigenvalue weighted by atomic mass is 35.5. The Morgan fingerprint density at radius 1 is 1.06 bits per heavy atom. The molecular formula is C28H30ClN3O4. The highest BCUT2D eigenvalue weighted by Crippen LogP contribution is 2.23.